The fourth-order valence-electron chi connectivity index (χ4n) is 3.33. The van der Waals surface area contributed by atoms with Crippen molar-refractivity contribution in [1.29, 1.82) is 0 Å². The summed E-state index contributed by atoms with van der Waals surface area (Å²) in [4.78, 5) is 14.0. The monoisotopic (exact) mass is 382 g/mol. The summed E-state index contributed by atoms with van der Waals surface area (Å²) in [5.41, 5.74) is -1.51. The Morgan fingerprint density at radius 1 is 1.31 bits per heavy atom. The van der Waals surface area contributed by atoms with E-state index < -0.39 is 29.6 Å². The molecule has 0 radical (unpaired) electrons. The minimum atomic E-state index is -1.51. The molecule has 0 aromatic heterocycles. The van der Waals surface area contributed by atoms with Crippen LogP contribution in [0.1, 0.15) is 41.0 Å². The van der Waals surface area contributed by atoms with Crippen molar-refractivity contribution in [2.75, 3.05) is 12.4 Å². The maximum atomic E-state index is 12.9. The van der Waals surface area contributed by atoms with Gasteiger partial charge in [0.05, 0.1) is 12.7 Å². The maximum absolute atomic E-state index is 12.9. The van der Waals surface area contributed by atoms with Crippen molar-refractivity contribution in [2.24, 2.45) is 5.92 Å². The minimum Gasteiger partial charge on any atom is -0.464 e. The van der Waals surface area contributed by atoms with Gasteiger partial charge in [0.25, 0.3) is 0 Å². The van der Waals surface area contributed by atoms with Crippen molar-refractivity contribution in [3.63, 3.8) is 0 Å². The number of carbonyl (C=O) groups excluding carboxylic acids is 1. The Morgan fingerprint density at radius 2 is 1.96 bits per heavy atom. The molecule has 1 saturated heterocycles. The molecule has 5 nitrogen and oxygen atoms in total. The quantitative estimate of drug-likeness (QED) is 0.547. The molecule has 6 heteroatoms. The summed E-state index contributed by atoms with van der Waals surface area (Å²) in [5, 5.41) is 11.0. The van der Waals surface area contributed by atoms with Gasteiger partial charge in [0.1, 0.15) is 6.10 Å². The second kappa shape index (κ2) is 8.74. The second-order valence-corrected chi connectivity index (χ2v) is 8.43. The lowest BCUT2D eigenvalue weighted by molar-refractivity contribution is -0.207. The molecule has 1 aromatic carbocycles. The van der Waals surface area contributed by atoms with Crippen LogP contribution < -0.4 is 0 Å². The Kier molecular flexibility index (Phi) is 7.13. The van der Waals surface area contributed by atoms with Crippen LogP contribution in [-0.2, 0) is 19.0 Å². The maximum Gasteiger partial charge on any atom is 0.344 e. The van der Waals surface area contributed by atoms with Gasteiger partial charge < -0.3 is 19.3 Å². The molecule has 3 atom stereocenters. The fraction of sp³-hybridized carbons (Fsp3) is 0.650. The summed E-state index contributed by atoms with van der Waals surface area (Å²) in [7, 11) is 0. The van der Waals surface area contributed by atoms with Crippen LogP contribution in [-0.4, -0.2) is 47.0 Å². The van der Waals surface area contributed by atoms with Gasteiger partial charge in [-0.15, -0.1) is 11.8 Å². The van der Waals surface area contributed by atoms with E-state index in [-0.39, 0.29) is 12.5 Å². The van der Waals surface area contributed by atoms with Crippen LogP contribution in [0.5, 0.6) is 0 Å². The molecule has 2 rings (SSSR count). The zero-order valence-electron chi connectivity index (χ0n) is 16.2. The number of aliphatic hydroxyl groups excluding tert-OH is 1. The molecule has 1 N–H and O–H groups in total. The summed E-state index contributed by atoms with van der Waals surface area (Å²) in [5.74, 6) is -0.880. The van der Waals surface area contributed by atoms with Crippen LogP contribution in [0.4, 0.5) is 0 Å². The molecule has 1 aromatic rings. The smallest absolute Gasteiger partial charge is 0.344 e. The second-order valence-electron chi connectivity index (χ2n) is 7.26. The molecular weight excluding hydrogens is 352 g/mol. The predicted octanol–water partition coefficient (Wildman–Crippen LogP) is 3.64. The molecule has 26 heavy (non-hydrogen) atoms. The van der Waals surface area contributed by atoms with Gasteiger partial charge in [0, 0.05) is 10.6 Å². The third-order valence-electron chi connectivity index (χ3n) is 4.35. The number of hydrogen-bond donors (Lipinski definition) is 1. The topological polar surface area (TPSA) is 65.0 Å². The number of thioether (sulfide) groups is 1. The molecule has 146 valence electrons. The number of benzene rings is 1. The highest BCUT2D eigenvalue weighted by Crippen LogP contribution is 2.44. The van der Waals surface area contributed by atoms with Crippen LogP contribution >= 0.6 is 11.8 Å². The van der Waals surface area contributed by atoms with Crippen LogP contribution in [0.2, 0.25) is 0 Å². The van der Waals surface area contributed by atoms with Crippen molar-refractivity contribution < 1.29 is 24.1 Å². The molecule has 0 aliphatic carbocycles. The van der Waals surface area contributed by atoms with Crippen molar-refractivity contribution in [2.45, 2.75) is 69.5 Å². The summed E-state index contributed by atoms with van der Waals surface area (Å²) >= 11 is 1.63. The van der Waals surface area contributed by atoms with E-state index in [1.54, 1.807) is 32.5 Å². The highest BCUT2D eigenvalue weighted by atomic mass is 32.2. The number of rotatable bonds is 8. The van der Waals surface area contributed by atoms with Crippen molar-refractivity contribution in [1.82, 2.24) is 0 Å². The molecular formula is C20H30O5S. The number of carbonyl (C=O) groups is 1. The third-order valence-corrected chi connectivity index (χ3v) is 5.39. The first-order chi connectivity index (χ1) is 12.2. The lowest BCUT2D eigenvalue weighted by Gasteiger charge is -2.36. The Hall–Kier alpha value is -1.08. The minimum absolute atomic E-state index is 0.0161. The molecule has 3 unspecified atom stereocenters. The average molecular weight is 383 g/mol. The van der Waals surface area contributed by atoms with E-state index >= 15 is 0 Å². The van der Waals surface area contributed by atoms with E-state index in [1.807, 2.05) is 44.2 Å². The Bertz CT molecular complexity index is 589. The van der Waals surface area contributed by atoms with Gasteiger partial charge in [0.15, 0.2) is 5.79 Å². The van der Waals surface area contributed by atoms with Crippen LogP contribution in [0, 0.1) is 5.92 Å². The Balaban J connectivity index is 2.19. The van der Waals surface area contributed by atoms with Gasteiger partial charge in [-0.05, 0) is 45.2 Å². The number of hydrogen-bond acceptors (Lipinski definition) is 6. The van der Waals surface area contributed by atoms with Gasteiger partial charge in [0.2, 0.25) is 5.60 Å². The van der Waals surface area contributed by atoms with E-state index in [1.165, 1.54) is 0 Å². The first-order valence-electron chi connectivity index (χ1n) is 9.14. The van der Waals surface area contributed by atoms with Gasteiger partial charge in [-0.3, -0.25) is 0 Å². The van der Waals surface area contributed by atoms with Gasteiger partial charge >= 0.3 is 5.97 Å². The zero-order chi connectivity index (χ0) is 19.4. The van der Waals surface area contributed by atoms with E-state index in [9.17, 15) is 9.90 Å². The Morgan fingerprint density at radius 3 is 2.54 bits per heavy atom. The highest BCUT2D eigenvalue weighted by Gasteiger charge is 2.63. The molecule has 1 heterocycles. The predicted molar refractivity (Wildman–Crippen MR) is 102 cm³/mol. The number of esters is 1. The van der Waals surface area contributed by atoms with Crippen LogP contribution in [0.25, 0.3) is 0 Å². The zero-order valence-corrected chi connectivity index (χ0v) is 17.0. The standard InChI is InChI=1S/C20H30O5S/c1-6-23-18(22)20(17(14(2)3)24-19(4,5)25-20)16(21)12-13-26-15-10-8-7-9-11-15/h7-11,14,16-17,21H,6,12-13H2,1-5H3. The van der Waals surface area contributed by atoms with Crippen LogP contribution in [0.3, 0.4) is 0 Å². The van der Waals surface area contributed by atoms with Crippen molar-refractivity contribution in [3.8, 4) is 0 Å². The Labute approximate surface area is 160 Å². The van der Waals surface area contributed by atoms with Gasteiger partial charge in [-0.1, -0.05) is 32.0 Å². The average Bonchev–Trinajstić information content (AvgIpc) is 2.89. The van der Waals surface area contributed by atoms with Crippen molar-refractivity contribution in [3.05, 3.63) is 30.3 Å². The third kappa shape index (κ3) is 4.60. The van der Waals surface area contributed by atoms with Gasteiger partial charge in [-0.2, -0.15) is 0 Å². The molecule has 0 amide bonds. The number of ether oxygens (including phenoxy) is 3. The van der Waals surface area contributed by atoms with Crippen molar-refractivity contribution >= 4 is 17.7 Å². The molecule has 1 aliphatic heterocycles. The van der Waals surface area contributed by atoms with E-state index in [4.69, 9.17) is 14.2 Å². The summed E-state index contributed by atoms with van der Waals surface area (Å²) < 4.78 is 17.3. The molecule has 0 saturated carbocycles. The lowest BCUT2D eigenvalue weighted by Crippen LogP contribution is -2.59. The molecule has 0 spiro atoms. The van der Waals surface area contributed by atoms with E-state index in [0.717, 1.165) is 4.90 Å². The molecule has 0 bridgehead atoms. The van der Waals surface area contributed by atoms with E-state index in [2.05, 4.69) is 0 Å². The molecule has 1 aliphatic rings. The fourth-order valence-corrected chi connectivity index (χ4v) is 4.25. The SMILES string of the molecule is CCOC(=O)C1(C(O)CCSc2ccccc2)OC(C)(C)OC1C(C)C. The first-order valence-corrected chi connectivity index (χ1v) is 10.1. The largest absolute Gasteiger partial charge is 0.464 e. The normalized spacial score (nSPS) is 26.0. The summed E-state index contributed by atoms with van der Waals surface area (Å²) in [6.07, 6.45) is -1.21. The number of aliphatic hydroxyl groups is 1. The summed E-state index contributed by atoms with van der Waals surface area (Å²) in [6.45, 7) is 9.39. The highest BCUT2D eigenvalue weighted by molar-refractivity contribution is 7.99. The molecule has 1 fully saturated rings. The van der Waals surface area contributed by atoms with Crippen LogP contribution in [0.15, 0.2) is 35.2 Å². The first kappa shape index (κ1) is 21.2. The van der Waals surface area contributed by atoms with E-state index in [0.29, 0.717) is 12.2 Å². The lowest BCUT2D eigenvalue weighted by atomic mass is 9.83. The summed E-state index contributed by atoms with van der Waals surface area (Å²) in [6, 6.07) is 9.96. The van der Waals surface area contributed by atoms with Gasteiger partial charge in [-0.25, -0.2) is 4.79 Å².